The SMILES string of the molecule is [2H]C(C)(C)c1cc(-c2ccccc2)c(-n2c(-c3cc(C(C)C)cc(C(C)C)c3O)nc3c(-c4[c-]c(-c5cc(-c6ccc(C(C([2H])([2H])[2H])(C([2H])([2H])[2H])C([2H])([2H])[2H])cc6)ccn5)cc(C(C)(C)C)c4)cccc32)cc1-c1ccccc1.[Pt]. The van der Waals surface area contributed by atoms with Gasteiger partial charge in [0.2, 0.25) is 0 Å². The number of phenolic OH excluding ortho intramolecular Hbond substituents is 1. The van der Waals surface area contributed by atoms with Crippen molar-refractivity contribution in [2.24, 2.45) is 0 Å². The maximum Gasteiger partial charge on any atom is 0.148 e. The average Bonchev–Trinajstić information content (AvgIpc) is 3.81. The van der Waals surface area contributed by atoms with Crippen LogP contribution in [0.2, 0.25) is 0 Å². The summed E-state index contributed by atoms with van der Waals surface area (Å²) in [5, 5.41) is 12.6. The first kappa shape index (κ1) is 38.4. The number of phenols is 1. The number of para-hydroxylation sites is 1. The Bertz CT molecular complexity index is 3680. The van der Waals surface area contributed by atoms with Crippen LogP contribution in [-0.4, -0.2) is 19.6 Å². The van der Waals surface area contributed by atoms with E-state index < -0.39 is 31.9 Å². The zero-order valence-electron chi connectivity index (χ0n) is 51.3. The monoisotopic (exact) mass is 1110 g/mol. The van der Waals surface area contributed by atoms with Crippen molar-refractivity contribution in [3.05, 3.63) is 192 Å². The number of nitrogens with zero attached hydrogens (tertiary/aromatic N) is 3. The Morgan fingerprint density at radius 2 is 1.23 bits per heavy atom. The van der Waals surface area contributed by atoms with Gasteiger partial charge in [0.15, 0.2) is 0 Å². The van der Waals surface area contributed by atoms with Crippen LogP contribution in [-0.2, 0) is 31.9 Å². The molecule has 0 amide bonds. The minimum absolute atomic E-state index is 0. The van der Waals surface area contributed by atoms with Crippen molar-refractivity contribution in [3.63, 3.8) is 0 Å². The summed E-state index contributed by atoms with van der Waals surface area (Å²) in [6.45, 7) is 8.56. The third-order valence-corrected chi connectivity index (χ3v) is 13.2. The zero-order chi connectivity index (χ0) is 57.4. The molecule has 0 spiro atoms. The summed E-state index contributed by atoms with van der Waals surface area (Å²) in [5.74, 6) is -0.159. The number of rotatable bonds is 10. The number of pyridine rings is 1. The van der Waals surface area contributed by atoms with Gasteiger partial charge in [-0.3, -0.25) is 9.55 Å². The second-order valence-corrected chi connectivity index (χ2v) is 20.1. The maximum atomic E-state index is 12.6. The molecule has 4 nitrogen and oxygen atoms in total. The minimum Gasteiger partial charge on any atom is -0.507 e. The number of benzene rings is 7. The molecule has 0 fully saturated rings. The molecule has 0 aliphatic carbocycles. The van der Waals surface area contributed by atoms with Crippen LogP contribution in [0.1, 0.15) is 142 Å². The van der Waals surface area contributed by atoms with E-state index in [1.165, 1.54) is 12.1 Å². The summed E-state index contributed by atoms with van der Waals surface area (Å²) in [6, 6.07) is 52.2. The molecule has 2 heterocycles. The fraction of sp³-hybridized carbons (Fsp3) is 0.262. The van der Waals surface area contributed by atoms with Gasteiger partial charge in [0.25, 0.3) is 0 Å². The number of imidazole rings is 1. The molecule has 9 aromatic rings. The Morgan fingerprint density at radius 3 is 1.84 bits per heavy atom. The second-order valence-electron chi connectivity index (χ2n) is 20.1. The first-order valence-electron chi connectivity index (χ1n) is 28.8. The number of aromatic hydroxyl groups is 1. The van der Waals surface area contributed by atoms with Crippen LogP contribution in [0, 0.1) is 6.07 Å². The van der Waals surface area contributed by atoms with Gasteiger partial charge < -0.3 is 5.11 Å². The predicted octanol–water partition coefficient (Wildman–Crippen LogP) is 17.9. The van der Waals surface area contributed by atoms with Gasteiger partial charge >= 0.3 is 0 Å². The van der Waals surface area contributed by atoms with Gasteiger partial charge in [-0.15, -0.1) is 29.3 Å². The molecule has 70 heavy (non-hydrogen) atoms. The van der Waals surface area contributed by atoms with Crippen molar-refractivity contribution >= 4 is 11.0 Å². The molecule has 0 bridgehead atoms. The third-order valence-electron chi connectivity index (χ3n) is 13.2. The van der Waals surface area contributed by atoms with Gasteiger partial charge in [0, 0.05) is 52.2 Å². The summed E-state index contributed by atoms with van der Waals surface area (Å²) in [7, 11) is 0. The quantitative estimate of drug-likeness (QED) is 0.139. The fourth-order valence-electron chi connectivity index (χ4n) is 9.21. The van der Waals surface area contributed by atoms with Crippen molar-refractivity contribution in [1.82, 2.24) is 14.5 Å². The Balaban J connectivity index is 0.00000841. The van der Waals surface area contributed by atoms with E-state index in [0.717, 1.165) is 66.8 Å². The standard InChI is InChI=1S/C65H66N3O.Pt/c1-40(2)47-35-54(42(5)6)62(69)57(36-47)63-67-61-52(48-32-49(34-51(33-48)65(10,11)12)58-37-46(30-31-66-58)43-26-28-50(29-27-43)64(7,8)9)24-19-25-59(61)68(63)60-39-55(44-20-15-13-16-21-44)53(41(3)4)38-56(60)45-22-17-14-18-23-45;/h13-31,33-42,69H,1-12H3;/q-1;/i7D3,8D3,9D3,41D;. The maximum absolute atomic E-state index is 12.6. The third kappa shape index (κ3) is 9.86. The van der Waals surface area contributed by atoms with E-state index in [0.29, 0.717) is 39.3 Å². The van der Waals surface area contributed by atoms with Crippen molar-refractivity contribution in [2.45, 2.75) is 111 Å². The van der Waals surface area contributed by atoms with Crippen LogP contribution in [0.5, 0.6) is 5.75 Å². The smallest absolute Gasteiger partial charge is 0.148 e. The average molecular weight is 1110 g/mol. The van der Waals surface area contributed by atoms with E-state index in [2.05, 4.69) is 126 Å². The van der Waals surface area contributed by atoms with Crippen LogP contribution < -0.4 is 0 Å². The fourth-order valence-corrected chi connectivity index (χ4v) is 9.21. The predicted molar refractivity (Wildman–Crippen MR) is 292 cm³/mol. The molecule has 0 atom stereocenters. The van der Waals surface area contributed by atoms with Crippen LogP contribution in [0.25, 0.3) is 83.9 Å². The van der Waals surface area contributed by atoms with E-state index in [4.69, 9.17) is 22.3 Å². The molecule has 0 radical (unpaired) electrons. The number of aromatic nitrogens is 3. The largest absolute Gasteiger partial charge is 0.507 e. The Morgan fingerprint density at radius 1 is 0.571 bits per heavy atom. The molecule has 0 saturated heterocycles. The van der Waals surface area contributed by atoms with Crippen molar-refractivity contribution in [2.75, 3.05) is 0 Å². The normalized spacial score (nSPS) is 14.8. The summed E-state index contributed by atoms with van der Waals surface area (Å²) >= 11 is 0. The summed E-state index contributed by atoms with van der Waals surface area (Å²) in [4.78, 5) is 10.5. The summed E-state index contributed by atoms with van der Waals surface area (Å²) in [5.41, 5.74) is 10.5. The number of fused-ring (bicyclic) bond motifs is 1. The molecule has 2 aromatic heterocycles. The summed E-state index contributed by atoms with van der Waals surface area (Å²) < 4.78 is 85.8. The van der Waals surface area contributed by atoms with Crippen LogP contribution in [0.15, 0.2) is 158 Å². The first-order valence-corrected chi connectivity index (χ1v) is 23.8. The number of hydrogen-bond donors (Lipinski definition) is 1. The minimum atomic E-state index is -3.38. The molecule has 7 aromatic carbocycles. The van der Waals surface area contributed by atoms with Gasteiger partial charge in [-0.05, 0) is 109 Å². The van der Waals surface area contributed by atoms with Gasteiger partial charge in [0.1, 0.15) is 11.6 Å². The topological polar surface area (TPSA) is 50.9 Å². The number of hydrogen-bond acceptors (Lipinski definition) is 3. The first-order chi connectivity index (χ1) is 36.9. The van der Waals surface area contributed by atoms with Crippen LogP contribution in [0.4, 0.5) is 0 Å². The summed E-state index contributed by atoms with van der Waals surface area (Å²) in [6.07, 6.45) is 1.66. The van der Waals surface area contributed by atoms with E-state index in [-0.39, 0.29) is 49.6 Å². The molecular weight excluding hydrogens is 1030 g/mol. The molecule has 9 rings (SSSR count). The van der Waals surface area contributed by atoms with Gasteiger partial charge in [0.05, 0.1) is 22.3 Å². The van der Waals surface area contributed by atoms with Crippen molar-refractivity contribution in [1.29, 1.82) is 0 Å². The van der Waals surface area contributed by atoms with Gasteiger partial charge in [-0.2, -0.15) is 0 Å². The van der Waals surface area contributed by atoms with E-state index in [1.54, 1.807) is 24.4 Å². The van der Waals surface area contributed by atoms with Crippen molar-refractivity contribution in [3.8, 4) is 78.6 Å². The molecule has 0 unspecified atom stereocenters. The Hall–Kier alpha value is -6.35. The van der Waals surface area contributed by atoms with Gasteiger partial charge in [-0.1, -0.05) is 203 Å². The molecule has 0 aliphatic rings. The van der Waals surface area contributed by atoms with E-state index in [9.17, 15) is 6.48 Å². The van der Waals surface area contributed by atoms with E-state index >= 15 is 0 Å². The molecule has 5 heteroatoms. The van der Waals surface area contributed by atoms with Gasteiger partial charge in [-0.25, -0.2) is 4.98 Å². The van der Waals surface area contributed by atoms with Crippen molar-refractivity contribution < 1.29 is 39.9 Å². The zero-order valence-corrected chi connectivity index (χ0v) is 43.5. The molecule has 0 saturated carbocycles. The Labute approximate surface area is 445 Å². The molecule has 1 N–H and O–H groups in total. The molecular formula is C65H66N3OPt-. The molecule has 0 aliphatic heterocycles. The van der Waals surface area contributed by atoms with E-state index in [1.807, 2.05) is 68.4 Å². The van der Waals surface area contributed by atoms with Crippen LogP contribution in [0.3, 0.4) is 0 Å². The second kappa shape index (κ2) is 19.8. The molecule has 358 valence electrons. The Kier molecular flexibility index (Phi) is 10.9. The van der Waals surface area contributed by atoms with Crippen LogP contribution >= 0.6 is 0 Å².